The summed E-state index contributed by atoms with van der Waals surface area (Å²) >= 11 is 4.10. The normalized spacial score (nSPS) is 46.8. The van der Waals surface area contributed by atoms with E-state index in [0.29, 0.717) is 21.7 Å². The molecule has 3 unspecified atom stereocenters. The Balaban J connectivity index is 1.25. The first-order chi connectivity index (χ1) is 12.0. The minimum atomic E-state index is 0.325. The van der Waals surface area contributed by atoms with Crippen LogP contribution in [0.2, 0.25) is 0 Å². The van der Waals surface area contributed by atoms with Crippen LogP contribution in [0.3, 0.4) is 0 Å². The highest BCUT2D eigenvalue weighted by Gasteiger charge is 2.57. The van der Waals surface area contributed by atoms with Crippen LogP contribution in [0, 0.1) is 17.3 Å². The van der Waals surface area contributed by atoms with Gasteiger partial charge in [-0.25, -0.2) is 0 Å². The first kappa shape index (κ1) is 17.0. The summed E-state index contributed by atoms with van der Waals surface area (Å²) in [6.45, 7) is 4.52. The van der Waals surface area contributed by atoms with Gasteiger partial charge >= 0.3 is 0 Å². The molecule has 6 rings (SSSR count). The molecule has 2 aliphatic heterocycles. The maximum absolute atomic E-state index is 13.2. The van der Waals surface area contributed by atoms with Gasteiger partial charge in [-0.15, -0.1) is 0 Å². The molecule has 4 saturated carbocycles. The van der Waals surface area contributed by atoms with Crippen molar-refractivity contribution in [1.82, 2.24) is 9.80 Å². The van der Waals surface area contributed by atoms with Crippen LogP contribution < -0.4 is 0 Å². The molecular formula is C21H33BrN2O. The summed E-state index contributed by atoms with van der Waals surface area (Å²) in [5.41, 5.74) is 0.325. The molecule has 4 bridgehead atoms. The molecule has 140 valence electrons. The molecule has 1 amide bonds. The Morgan fingerprint density at radius 3 is 2.40 bits per heavy atom. The molecule has 25 heavy (non-hydrogen) atoms. The predicted octanol–water partition coefficient (Wildman–Crippen LogP) is 4.20. The molecule has 2 saturated heterocycles. The number of alkyl halides is 1. The molecule has 4 aliphatic carbocycles. The third-order valence-electron chi connectivity index (χ3n) is 8.04. The Morgan fingerprint density at radius 2 is 1.72 bits per heavy atom. The third-order valence-corrected chi connectivity index (χ3v) is 8.97. The first-order valence-corrected chi connectivity index (χ1v) is 11.5. The number of halogens is 1. The fraction of sp³-hybridized carbons (Fsp3) is 0.952. The number of likely N-dealkylation sites (tertiary alicyclic amines) is 2. The lowest BCUT2D eigenvalue weighted by Gasteiger charge is -2.60. The van der Waals surface area contributed by atoms with Gasteiger partial charge in [-0.1, -0.05) is 15.9 Å². The number of amides is 1. The van der Waals surface area contributed by atoms with Crippen molar-refractivity contribution in [3.05, 3.63) is 0 Å². The second-order valence-corrected chi connectivity index (χ2v) is 11.8. The van der Waals surface area contributed by atoms with E-state index >= 15 is 0 Å². The molecule has 0 aromatic heterocycles. The van der Waals surface area contributed by atoms with Crippen molar-refractivity contribution in [1.29, 1.82) is 0 Å². The summed E-state index contributed by atoms with van der Waals surface area (Å²) in [4.78, 5) is 18.1. The highest BCUT2D eigenvalue weighted by Crippen LogP contribution is 2.65. The van der Waals surface area contributed by atoms with E-state index in [-0.39, 0.29) is 0 Å². The summed E-state index contributed by atoms with van der Waals surface area (Å²) < 4.78 is 0.372. The Labute approximate surface area is 161 Å². The molecule has 4 heteroatoms. The Morgan fingerprint density at radius 1 is 1.00 bits per heavy atom. The van der Waals surface area contributed by atoms with Crippen molar-refractivity contribution in [3.63, 3.8) is 0 Å². The van der Waals surface area contributed by atoms with Gasteiger partial charge in [0.1, 0.15) is 0 Å². The monoisotopic (exact) mass is 408 g/mol. The molecule has 6 aliphatic rings. The third kappa shape index (κ3) is 3.20. The van der Waals surface area contributed by atoms with Crippen molar-refractivity contribution < 1.29 is 4.79 Å². The highest BCUT2D eigenvalue weighted by molar-refractivity contribution is 9.10. The Bertz CT molecular complexity index is 530. The van der Waals surface area contributed by atoms with E-state index in [1.807, 2.05) is 0 Å². The summed E-state index contributed by atoms with van der Waals surface area (Å²) in [5.74, 6) is 2.24. The number of piperidine rings is 1. The zero-order valence-electron chi connectivity index (χ0n) is 15.5. The predicted molar refractivity (Wildman–Crippen MR) is 104 cm³/mol. The minimum absolute atomic E-state index is 0.325. The molecule has 0 aromatic carbocycles. The number of hydrogen-bond donors (Lipinski definition) is 0. The average Bonchev–Trinajstić information content (AvgIpc) is 3.06. The first-order valence-electron chi connectivity index (χ1n) is 10.7. The molecule has 3 nitrogen and oxygen atoms in total. The molecule has 0 aromatic rings. The summed E-state index contributed by atoms with van der Waals surface area (Å²) in [5, 5.41) is 0. The van der Waals surface area contributed by atoms with E-state index in [9.17, 15) is 4.79 Å². The molecule has 0 spiro atoms. The molecule has 0 N–H and O–H groups in total. The van der Waals surface area contributed by atoms with Gasteiger partial charge in [0.2, 0.25) is 5.91 Å². The van der Waals surface area contributed by atoms with Gasteiger partial charge in [0.15, 0.2) is 0 Å². The molecule has 0 radical (unpaired) electrons. The number of hydrogen-bond acceptors (Lipinski definition) is 2. The van der Waals surface area contributed by atoms with Crippen LogP contribution in [0.25, 0.3) is 0 Å². The van der Waals surface area contributed by atoms with E-state index < -0.39 is 0 Å². The minimum Gasteiger partial charge on any atom is -0.341 e. The summed E-state index contributed by atoms with van der Waals surface area (Å²) in [6.07, 6.45) is 14.1. The van der Waals surface area contributed by atoms with Gasteiger partial charge in [0.05, 0.1) is 0 Å². The van der Waals surface area contributed by atoms with E-state index in [1.54, 1.807) is 0 Å². The maximum Gasteiger partial charge on any atom is 0.223 e. The lowest BCUT2D eigenvalue weighted by Crippen LogP contribution is -2.55. The second kappa shape index (κ2) is 6.22. The van der Waals surface area contributed by atoms with Crippen molar-refractivity contribution >= 4 is 21.8 Å². The van der Waals surface area contributed by atoms with Gasteiger partial charge in [0.25, 0.3) is 0 Å². The van der Waals surface area contributed by atoms with Crippen LogP contribution in [-0.4, -0.2) is 52.3 Å². The van der Waals surface area contributed by atoms with Gasteiger partial charge in [0, 0.05) is 29.9 Å². The SMILES string of the molecule is O=C(CC12CC3CC(CC(Br)(C3)C1)C2)N1CCCC(N2CCCC2)C1. The quantitative estimate of drug-likeness (QED) is 0.653. The Kier molecular flexibility index (Phi) is 4.24. The highest BCUT2D eigenvalue weighted by atomic mass is 79.9. The second-order valence-electron chi connectivity index (χ2n) is 10.2. The molecule has 2 heterocycles. The van der Waals surface area contributed by atoms with Crippen LogP contribution in [0.5, 0.6) is 0 Å². The van der Waals surface area contributed by atoms with E-state index in [4.69, 9.17) is 0 Å². The number of nitrogens with zero attached hydrogens (tertiary/aromatic N) is 2. The molecule has 3 atom stereocenters. The Hall–Kier alpha value is -0.0900. The average molecular weight is 409 g/mol. The number of rotatable bonds is 3. The van der Waals surface area contributed by atoms with Gasteiger partial charge in [-0.05, 0) is 94.5 Å². The number of carbonyl (C=O) groups excluding carboxylic acids is 1. The molecule has 6 fully saturated rings. The fourth-order valence-corrected chi connectivity index (χ4v) is 9.07. The topological polar surface area (TPSA) is 23.6 Å². The van der Waals surface area contributed by atoms with Crippen LogP contribution in [0.4, 0.5) is 0 Å². The van der Waals surface area contributed by atoms with Crippen molar-refractivity contribution in [2.45, 2.75) is 81.0 Å². The van der Waals surface area contributed by atoms with Crippen molar-refractivity contribution in [2.75, 3.05) is 26.2 Å². The van der Waals surface area contributed by atoms with Gasteiger partial charge in [-0.3, -0.25) is 9.69 Å². The number of carbonyl (C=O) groups is 1. The largest absolute Gasteiger partial charge is 0.341 e. The van der Waals surface area contributed by atoms with E-state index in [0.717, 1.165) is 31.3 Å². The summed E-state index contributed by atoms with van der Waals surface area (Å²) in [6, 6.07) is 0.638. The standard InChI is InChI=1S/C21H33BrN2O/c22-21-11-16-8-17(12-21)10-20(9-16,15-21)13-19(25)24-7-3-4-18(14-24)23-5-1-2-6-23/h16-18H,1-15H2. The van der Waals surface area contributed by atoms with E-state index in [1.165, 1.54) is 77.3 Å². The summed E-state index contributed by atoms with van der Waals surface area (Å²) in [7, 11) is 0. The fourth-order valence-electron chi connectivity index (χ4n) is 7.56. The zero-order chi connectivity index (χ0) is 17.1. The van der Waals surface area contributed by atoms with Crippen molar-refractivity contribution in [3.8, 4) is 0 Å². The smallest absolute Gasteiger partial charge is 0.223 e. The maximum atomic E-state index is 13.2. The van der Waals surface area contributed by atoms with Gasteiger partial charge in [-0.2, -0.15) is 0 Å². The van der Waals surface area contributed by atoms with Crippen LogP contribution in [-0.2, 0) is 4.79 Å². The van der Waals surface area contributed by atoms with Gasteiger partial charge < -0.3 is 4.90 Å². The zero-order valence-corrected chi connectivity index (χ0v) is 17.1. The van der Waals surface area contributed by atoms with Crippen LogP contribution in [0.15, 0.2) is 0 Å². The lowest BCUT2D eigenvalue weighted by molar-refractivity contribution is -0.140. The van der Waals surface area contributed by atoms with E-state index in [2.05, 4.69) is 25.7 Å². The molecular weight excluding hydrogens is 376 g/mol. The van der Waals surface area contributed by atoms with Crippen molar-refractivity contribution in [2.24, 2.45) is 17.3 Å². The van der Waals surface area contributed by atoms with Crippen LogP contribution >= 0.6 is 15.9 Å². The van der Waals surface area contributed by atoms with Crippen LogP contribution in [0.1, 0.15) is 70.6 Å². The lowest BCUT2D eigenvalue weighted by atomic mass is 9.48.